The fourth-order valence-electron chi connectivity index (χ4n) is 3.46. The van der Waals surface area contributed by atoms with Crippen LogP contribution in [-0.2, 0) is 0 Å². The smallest absolute Gasteiger partial charge is 0.227 e. The van der Waals surface area contributed by atoms with E-state index >= 15 is 0 Å². The first-order valence-corrected chi connectivity index (χ1v) is 8.21. The van der Waals surface area contributed by atoms with E-state index < -0.39 is 0 Å². The third-order valence-corrected chi connectivity index (χ3v) is 3.82. The molecule has 1 saturated heterocycles. The summed E-state index contributed by atoms with van der Waals surface area (Å²) in [6.07, 6.45) is 2.05. The first kappa shape index (κ1) is 17.7. The highest BCUT2D eigenvalue weighted by molar-refractivity contribution is 5.36. The van der Waals surface area contributed by atoms with Gasteiger partial charge in [-0.3, -0.25) is 0 Å². The van der Waals surface area contributed by atoms with E-state index in [1.165, 1.54) is 0 Å². The number of anilines is 2. The molecule has 0 radical (unpaired) electrons. The van der Waals surface area contributed by atoms with Crippen LogP contribution in [0.1, 0.15) is 53.3 Å². The van der Waals surface area contributed by atoms with E-state index in [-0.39, 0.29) is 11.1 Å². The van der Waals surface area contributed by atoms with Crippen molar-refractivity contribution in [3.63, 3.8) is 0 Å². The molecule has 0 aliphatic carbocycles. The molecule has 0 bridgehead atoms. The predicted molar refractivity (Wildman–Crippen MR) is 95.8 cm³/mol. The Morgan fingerprint density at radius 2 is 1.70 bits per heavy atom. The summed E-state index contributed by atoms with van der Waals surface area (Å²) in [6.45, 7) is 17.4. The van der Waals surface area contributed by atoms with Crippen LogP contribution < -0.4 is 16.0 Å². The molecule has 0 spiro atoms. The lowest BCUT2D eigenvalue weighted by Crippen LogP contribution is -2.60. The molecule has 6 heteroatoms. The largest absolute Gasteiger partial charge is 0.351 e. The number of nitrogens with zero attached hydrogens (tertiary/aromatic N) is 3. The summed E-state index contributed by atoms with van der Waals surface area (Å²) in [7, 11) is 0. The molecule has 1 aliphatic heterocycles. The molecule has 128 valence electrons. The number of hydrogen-bond acceptors (Lipinski definition) is 6. The van der Waals surface area contributed by atoms with Crippen molar-refractivity contribution in [3.8, 4) is 0 Å². The van der Waals surface area contributed by atoms with Gasteiger partial charge in [0.05, 0.1) is 0 Å². The molecule has 3 N–H and O–H groups in total. The van der Waals surface area contributed by atoms with E-state index in [1.807, 2.05) is 13.8 Å². The first-order chi connectivity index (χ1) is 10.5. The van der Waals surface area contributed by atoms with E-state index in [9.17, 15) is 0 Å². The second-order valence-electron chi connectivity index (χ2n) is 7.98. The normalized spacial score (nSPS) is 20.1. The van der Waals surface area contributed by atoms with Gasteiger partial charge in [0.25, 0.3) is 0 Å². The lowest BCUT2D eigenvalue weighted by atomic mass is 9.80. The number of piperidine rings is 1. The Labute approximate surface area is 139 Å². The highest BCUT2D eigenvalue weighted by Crippen LogP contribution is 2.30. The zero-order valence-electron chi connectivity index (χ0n) is 15.2. The van der Waals surface area contributed by atoms with Gasteiger partial charge >= 0.3 is 0 Å². The van der Waals surface area contributed by atoms with E-state index in [4.69, 9.17) is 0 Å². The van der Waals surface area contributed by atoms with Gasteiger partial charge in [0.15, 0.2) is 0 Å². The van der Waals surface area contributed by atoms with Crippen molar-refractivity contribution in [2.75, 3.05) is 17.2 Å². The van der Waals surface area contributed by atoms with Crippen LogP contribution in [0, 0.1) is 6.92 Å². The maximum absolute atomic E-state index is 4.49. The monoisotopic (exact) mass is 318 g/mol. The van der Waals surface area contributed by atoms with Gasteiger partial charge in [-0.2, -0.15) is 15.0 Å². The minimum atomic E-state index is 0.0858. The van der Waals surface area contributed by atoms with E-state index in [2.05, 4.69) is 65.2 Å². The van der Waals surface area contributed by atoms with E-state index in [0.717, 1.165) is 18.4 Å². The molecule has 1 aromatic heterocycles. The Kier molecular flexibility index (Phi) is 4.94. The Bertz CT molecular complexity index is 562. The predicted octanol–water partition coefficient (Wildman–Crippen LogP) is 2.89. The molecule has 1 fully saturated rings. The summed E-state index contributed by atoms with van der Waals surface area (Å²) in [4.78, 5) is 13.3. The number of aromatic nitrogens is 3. The van der Waals surface area contributed by atoms with Gasteiger partial charge in [-0.25, -0.2) is 0 Å². The van der Waals surface area contributed by atoms with Crippen LogP contribution >= 0.6 is 0 Å². The standard InChI is InChI=1S/C17H30N6/c1-11(2)10-18-14-19-12(3)20-15(22-14)21-13-8-16(4,5)23-17(6,7)9-13/h13,23H,1,8-10H2,2-7H3,(H2,18,19,20,21,22). The van der Waals surface area contributed by atoms with Crippen LogP contribution in [0.5, 0.6) is 0 Å². The Morgan fingerprint density at radius 3 is 2.26 bits per heavy atom. The molecule has 0 amide bonds. The van der Waals surface area contributed by atoms with Crippen molar-refractivity contribution in [1.82, 2.24) is 20.3 Å². The lowest BCUT2D eigenvalue weighted by molar-refractivity contribution is 0.170. The number of hydrogen-bond donors (Lipinski definition) is 3. The molecule has 1 aromatic rings. The Balaban J connectivity index is 2.11. The summed E-state index contributed by atoms with van der Waals surface area (Å²) in [5, 5.41) is 10.4. The molecule has 2 heterocycles. The molecule has 1 aliphatic rings. The molecule has 0 unspecified atom stereocenters. The minimum Gasteiger partial charge on any atom is -0.351 e. The maximum atomic E-state index is 4.49. The molecule has 0 atom stereocenters. The van der Waals surface area contributed by atoms with Crippen molar-refractivity contribution in [2.24, 2.45) is 0 Å². The van der Waals surface area contributed by atoms with Gasteiger partial charge in [0, 0.05) is 23.7 Å². The summed E-state index contributed by atoms with van der Waals surface area (Å²) >= 11 is 0. The van der Waals surface area contributed by atoms with E-state index in [0.29, 0.717) is 30.3 Å². The van der Waals surface area contributed by atoms with Crippen LogP contribution in [0.2, 0.25) is 0 Å². The van der Waals surface area contributed by atoms with Crippen molar-refractivity contribution in [1.29, 1.82) is 0 Å². The van der Waals surface area contributed by atoms with Crippen LogP contribution in [0.4, 0.5) is 11.9 Å². The van der Waals surface area contributed by atoms with Crippen LogP contribution in [-0.4, -0.2) is 38.6 Å². The second kappa shape index (κ2) is 6.43. The van der Waals surface area contributed by atoms with Gasteiger partial charge in [0.1, 0.15) is 5.82 Å². The molecule has 6 nitrogen and oxygen atoms in total. The summed E-state index contributed by atoms with van der Waals surface area (Å²) in [5.74, 6) is 1.94. The molecular weight excluding hydrogens is 288 g/mol. The zero-order chi connectivity index (χ0) is 17.3. The van der Waals surface area contributed by atoms with Crippen LogP contribution in [0.3, 0.4) is 0 Å². The molecule has 2 rings (SSSR count). The second-order valence-corrected chi connectivity index (χ2v) is 7.98. The first-order valence-electron chi connectivity index (χ1n) is 8.21. The average molecular weight is 318 g/mol. The fraction of sp³-hybridized carbons (Fsp3) is 0.706. The van der Waals surface area contributed by atoms with Crippen molar-refractivity contribution in [2.45, 2.75) is 71.5 Å². The highest BCUT2D eigenvalue weighted by atomic mass is 15.2. The topological polar surface area (TPSA) is 74.8 Å². The van der Waals surface area contributed by atoms with Crippen LogP contribution in [0.25, 0.3) is 0 Å². The van der Waals surface area contributed by atoms with Crippen molar-refractivity contribution < 1.29 is 0 Å². The highest BCUT2D eigenvalue weighted by Gasteiger charge is 2.37. The maximum Gasteiger partial charge on any atom is 0.227 e. The van der Waals surface area contributed by atoms with Gasteiger partial charge in [-0.1, -0.05) is 12.2 Å². The minimum absolute atomic E-state index is 0.0858. The lowest BCUT2D eigenvalue weighted by Gasteiger charge is -2.46. The fourth-order valence-corrected chi connectivity index (χ4v) is 3.46. The Hall–Kier alpha value is -1.69. The summed E-state index contributed by atoms with van der Waals surface area (Å²) in [5.41, 5.74) is 1.21. The third-order valence-electron chi connectivity index (χ3n) is 3.82. The van der Waals surface area contributed by atoms with Crippen molar-refractivity contribution >= 4 is 11.9 Å². The van der Waals surface area contributed by atoms with Gasteiger partial charge in [0.2, 0.25) is 11.9 Å². The van der Waals surface area contributed by atoms with Gasteiger partial charge in [-0.05, 0) is 54.4 Å². The summed E-state index contributed by atoms with van der Waals surface area (Å²) < 4.78 is 0. The van der Waals surface area contributed by atoms with Gasteiger partial charge in [-0.15, -0.1) is 0 Å². The molecular formula is C17H30N6. The molecule has 0 aromatic carbocycles. The average Bonchev–Trinajstić information content (AvgIpc) is 2.31. The molecule has 23 heavy (non-hydrogen) atoms. The zero-order valence-corrected chi connectivity index (χ0v) is 15.2. The van der Waals surface area contributed by atoms with Crippen LogP contribution in [0.15, 0.2) is 12.2 Å². The third kappa shape index (κ3) is 5.46. The van der Waals surface area contributed by atoms with E-state index in [1.54, 1.807) is 0 Å². The summed E-state index contributed by atoms with van der Waals surface area (Å²) in [6, 6.07) is 0.331. The van der Waals surface area contributed by atoms with Crippen molar-refractivity contribution in [3.05, 3.63) is 18.0 Å². The van der Waals surface area contributed by atoms with Gasteiger partial charge < -0.3 is 16.0 Å². The quantitative estimate of drug-likeness (QED) is 0.725. The molecule has 0 saturated carbocycles. The SMILES string of the molecule is C=C(C)CNc1nc(C)nc(NC2CC(C)(C)NC(C)(C)C2)n1. The Morgan fingerprint density at radius 1 is 1.13 bits per heavy atom. The number of aryl methyl sites for hydroxylation is 1. The number of nitrogens with one attached hydrogen (secondary N) is 3. The number of rotatable bonds is 5.